The number of aryl methyl sites for hydroxylation is 1. The number of nitrogen functional groups attached to an aromatic ring is 1. The molecule has 4 N–H and O–H groups in total. The molecule has 0 amide bonds. The summed E-state index contributed by atoms with van der Waals surface area (Å²) in [5.41, 5.74) is 7.91. The minimum absolute atomic E-state index is 0.207. The summed E-state index contributed by atoms with van der Waals surface area (Å²) in [7, 11) is 2.06. The number of carboxylic acids is 1. The molecule has 7 heteroatoms. The average Bonchev–Trinajstić information content (AvgIpc) is 2.43. The molecule has 1 saturated heterocycles. The molecule has 0 bridgehead atoms. The fourth-order valence-electron chi connectivity index (χ4n) is 2.62. The number of nitrogens with one attached hydrogen (secondary N) is 1. The van der Waals surface area contributed by atoms with Gasteiger partial charge in [-0.3, -0.25) is 0 Å². The zero-order valence-corrected chi connectivity index (χ0v) is 12.8. The first kappa shape index (κ1) is 15.4. The monoisotopic (exact) mass is 293 g/mol. The molecule has 0 unspecified atom stereocenters. The van der Waals surface area contributed by atoms with Crippen LogP contribution in [-0.2, 0) is 0 Å². The predicted octanol–water partition coefficient (Wildman–Crippen LogP) is 0.854. The molecule has 0 saturated carbocycles. The maximum Gasteiger partial charge on any atom is 0.339 e. The van der Waals surface area contributed by atoms with E-state index in [1.165, 1.54) is 0 Å². The van der Waals surface area contributed by atoms with E-state index in [1.54, 1.807) is 6.92 Å². The Morgan fingerprint density at radius 3 is 2.52 bits per heavy atom. The Balaban J connectivity index is 2.51. The SMILES string of the molecule is CCNc1nc(C)c(C(=O)O)c(N2CCN(C)CC2)c1N. The molecule has 0 radical (unpaired) electrons. The van der Waals surface area contributed by atoms with Gasteiger partial charge in [0, 0.05) is 32.7 Å². The van der Waals surface area contributed by atoms with Crippen LogP contribution in [0.2, 0.25) is 0 Å². The first-order chi connectivity index (χ1) is 9.95. The van der Waals surface area contributed by atoms with Crippen molar-refractivity contribution in [3.05, 3.63) is 11.3 Å². The summed E-state index contributed by atoms with van der Waals surface area (Å²) in [5, 5.41) is 12.6. The number of pyridine rings is 1. The lowest BCUT2D eigenvalue weighted by Crippen LogP contribution is -2.45. The van der Waals surface area contributed by atoms with Gasteiger partial charge in [0.05, 0.1) is 17.1 Å². The summed E-state index contributed by atoms with van der Waals surface area (Å²) in [6.07, 6.45) is 0. The number of carbonyl (C=O) groups is 1. The van der Waals surface area contributed by atoms with Crippen molar-refractivity contribution in [1.29, 1.82) is 0 Å². The number of likely N-dealkylation sites (N-methyl/N-ethyl adjacent to an activating group) is 1. The van der Waals surface area contributed by atoms with Gasteiger partial charge >= 0.3 is 5.97 Å². The first-order valence-electron chi connectivity index (χ1n) is 7.16. The van der Waals surface area contributed by atoms with Gasteiger partial charge in [-0.1, -0.05) is 0 Å². The van der Waals surface area contributed by atoms with Gasteiger partial charge in [-0.2, -0.15) is 0 Å². The summed E-state index contributed by atoms with van der Waals surface area (Å²) < 4.78 is 0. The lowest BCUT2D eigenvalue weighted by molar-refractivity contribution is 0.0696. The topological polar surface area (TPSA) is 94.7 Å². The van der Waals surface area contributed by atoms with Crippen LogP contribution in [-0.4, -0.2) is 60.7 Å². The zero-order chi connectivity index (χ0) is 15.6. The molecule has 0 aliphatic carbocycles. The molecule has 1 aliphatic heterocycles. The highest BCUT2D eigenvalue weighted by Crippen LogP contribution is 2.35. The third kappa shape index (κ3) is 3.02. The van der Waals surface area contributed by atoms with E-state index in [0.717, 1.165) is 26.2 Å². The van der Waals surface area contributed by atoms with Gasteiger partial charge < -0.3 is 26.0 Å². The smallest absolute Gasteiger partial charge is 0.339 e. The highest BCUT2D eigenvalue weighted by molar-refractivity contribution is 6.01. The quantitative estimate of drug-likeness (QED) is 0.757. The second-order valence-electron chi connectivity index (χ2n) is 5.31. The number of carboxylic acid groups (broad SMARTS) is 1. The second kappa shape index (κ2) is 6.17. The summed E-state index contributed by atoms with van der Waals surface area (Å²) in [6.45, 7) is 7.64. The molecule has 1 aromatic heterocycles. The van der Waals surface area contributed by atoms with Crippen LogP contribution in [0.3, 0.4) is 0 Å². The lowest BCUT2D eigenvalue weighted by atomic mass is 10.1. The molecular weight excluding hydrogens is 270 g/mol. The van der Waals surface area contributed by atoms with Crippen molar-refractivity contribution in [3.63, 3.8) is 0 Å². The van der Waals surface area contributed by atoms with E-state index in [4.69, 9.17) is 5.73 Å². The Labute approximate surface area is 124 Å². The molecule has 21 heavy (non-hydrogen) atoms. The van der Waals surface area contributed by atoms with Gasteiger partial charge in [-0.25, -0.2) is 9.78 Å². The van der Waals surface area contributed by atoms with Gasteiger partial charge in [0.2, 0.25) is 0 Å². The summed E-state index contributed by atoms with van der Waals surface area (Å²) >= 11 is 0. The maximum absolute atomic E-state index is 11.6. The van der Waals surface area contributed by atoms with Crippen LogP contribution in [0.5, 0.6) is 0 Å². The van der Waals surface area contributed by atoms with E-state index in [1.807, 2.05) is 11.8 Å². The molecule has 2 heterocycles. The number of piperazine rings is 1. The molecule has 1 aromatic rings. The standard InChI is InChI=1S/C14H23N5O2/c1-4-16-13-11(15)12(10(14(20)21)9(2)17-13)19-7-5-18(3)6-8-19/h4-8,15H2,1-3H3,(H,16,17)(H,20,21). The Bertz CT molecular complexity index is 539. The number of hydrogen-bond acceptors (Lipinski definition) is 6. The molecule has 7 nitrogen and oxygen atoms in total. The van der Waals surface area contributed by atoms with Crippen LogP contribution in [0.15, 0.2) is 0 Å². The Morgan fingerprint density at radius 2 is 2.00 bits per heavy atom. The summed E-state index contributed by atoms with van der Waals surface area (Å²) in [5.74, 6) is -0.419. The van der Waals surface area contributed by atoms with Gasteiger partial charge in [-0.05, 0) is 20.9 Å². The van der Waals surface area contributed by atoms with Crippen LogP contribution in [0.25, 0.3) is 0 Å². The van der Waals surface area contributed by atoms with Crippen LogP contribution >= 0.6 is 0 Å². The molecule has 0 spiro atoms. The number of rotatable bonds is 4. The number of aromatic carboxylic acids is 1. The van der Waals surface area contributed by atoms with E-state index in [2.05, 4.69) is 22.2 Å². The average molecular weight is 293 g/mol. The predicted molar refractivity (Wildman–Crippen MR) is 84.2 cm³/mol. The lowest BCUT2D eigenvalue weighted by Gasteiger charge is -2.36. The summed E-state index contributed by atoms with van der Waals surface area (Å²) in [6, 6.07) is 0. The van der Waals surface area contributed by atoms with E-state index in [9.17, 15) is 9.90 Å². The fraction of sp³-hybridized carbons (Fsp3) is 0.571. The zero-order valence-electron chi connectivity index (χ0n) is 12.8. The van der Waals surface area contributed by atoms with Crippen molar-refractivity contribution in [2.75, 3.05) is 55.7 Å². The minimum Gasteiger partial charge on any atom is -0.478 e. The minimum atomic E-state index is -0.983. The Morgan fingerprint density at radius 1 is 1.38 bits per heavy atom. The Hall–Kier alpha value is -2.02. The van der Waals surface area contributed by atoms with Crippen molar-refractivity contribution in [2.45, 2.75) is 13.8 Å². The fourth-order valence-corrected chi connectivity index (χ4v) is 2.62. The van der Waals surface area contributed by atoms with Crippen molar-refractivity contribution >= 4 is 23.2 Å². The van der Waals surface area contributed by atoms with Gasteiger partial charge in [-0.15, -0.1) is 0 Å². The van der Waals surface area contributed by atoms with Crippen LogP contribution in [0.1, 0.15) is 23.0 Å². The van der Waals surface area contributed by atoms with Crippen LogP contribution in [0.4, 0.5) is 17.2 Å². The normalized spacial score (nSPS) is 16.0. The van der Waals surface area contributed by atoms with Crippen molar-refractivity contribution < 1.29 is 9.90 Å². The molecule has 1 aliphatic rings. The van der Waals surface area contributed by atoms with Crippen molar-refractivity contribution in [3.8, 4) is 0 Å². The number of aromatic nitrogens is 1. The molecule has 0 aromatic carbocycles. The highest BCUT2D eigenvalue weighted by Gasteiger charge is 2.26. The van der Waals surface area contributed by atoms with Crippen LogP contribution < -0.4 is 16.0 Å². The number of anilines is 3. The molecular formula is C14H23N5O2. The largest absolute Gasteiger partial charge is 0.478 e. The molecule has 116 valence electrons. The number of hydrogen-bond donors (Lipinski definition) is 3. The van der Waals surface area contributed by atoms with E-state index in [0.29, 0.717) is 29.4 Å². The van der Waals surface area contributed by atoms with E-state index in [-0.39, 0.29) is 5.56 Å². The first-order valence-corrected chi connectivity index (χ1v) is 7.16. The third-order valence-electron chi connectivity index (χ3n) is 3.77. The molecule has 1 fully saturated rings. The van der Waals surface area contributed by atoms with Crippen LogP contribution in [0, 0.1) is 6.92 Å². The second-order valence-corrected chi connectivity index (χ2v) is 5.31. The van der Waals surface area contributed by atoms with E-state index < -0.39 is 5.97 Å². The number of nitrogens with zero attached hydrogens (tertiary/aromatic N) is 3. The Kier molecular flexibility index (Phi) is 4.52. The van der Waals surface area contributed by atoms with Gasteiger partial charge in [0.1, 0.15) is 5.56 Å². The molecule has 2 rings (SSSR count). The summed E-state index contributed by atoms with van der Waals surface area (Å²) in [4.78, 5) is 20.2. The third-order valence-corrected chi connectivity index (χ3v) is 3.77. The highest BCUT2D eigenvalue weighted by atomic mass is 16.4. The van der Waals surface area contributed by atoms with Crippen molar-refractivity contribution in [2.24, 2.45) is 0 Å². The van der Waals surface area contributed by atoms with Gasteiger partial charge in [0.25, 0.3) is 0 Å². The van der Waals surface area contributed by atoms with Crippen molar-refractivity contribution in [1.82, 2.24) is 9.88 Å². The maximum atomic E-state index is 11.6. The number of nitrogens with two attached hydrogens (primary N) is 1. The van der Waals surface area contributed by atoms with Gasteiger partial charge in [0.15, 0.2) is 5.82 Å². The molecule has 0 atom stereocenters. The van der Waals surface area contributed by atoms with E-state index >= 15 is 0 Å².